The third-order valence-electron chi connectivity index (χ3n) is 7.74. The average molecular weight is 513 g/mol. The van der Waals surface area contributed by atoms with E-state index in [1.165, 1.54) is 0 Å². The highest BCUT2D eigenvalue weighted by Gasteiger charge is 2.42. The number of nitrogens with zero attached hydrogens (tertiary/aromatic N) is 2. The van der Waals surface area contributed by atoms with Crippen LogP contribution in [-0.4, -0.2) is 42.0 Å². The Labute approximate surface area is 224 Å². The molecule has 2 N–H and O–H groups in total. The normalized spacial score (nSPS) is 20.2. The Morgan fingerprint density at radius 3 is 2.39 bits per heavy atom. The van der Waals surface area contributed by atoms with Crippen molar-refractivity contribution in [2.75, 3.05) is 12.0 Å². The van der Waals surface area contributed by atoms with E-state index in [4.69, 9.17) is 4.74 Å². The van der Waals surface area contributed by atoms with Gasteiger partial charge in [0.15, 0.2) is 0 Å². The number of fused-ring (bicyclic) bond motifs is 2. The average Bonchev–Trinajstić information content (AvgIpc) is 3.22. The SMILES string of the molecule is CCCc1c(OC)cccc1C(=O)NC1C[C@H]2CC[C@@H](C1)N2c1ccc(C(=O)NCc2ccccc2)cn1. The monoisotopic (exact) mass is 512 g/mol. The smallest absolute Gasteiger partial charge is 0.253 e. The van der Waals surface area contributed by atoms with Crippen LogP contribution in [-0.2, 0) is 13.0 Å². The van der Waals surface area contributed by atoms with Crippen molar-refractivity contribution in [3.05, 3.63) is 89.1 Å². The number of ether oxygens (including phenoxy) is 1. The number of rotatable bonds is 9. The molecule has 7 heteroatoms. The second-order valence-electron chi connectivity index (χ2n) is 10.2. The van der Waals surface area contributed by atoms with Gasteiger partial charge < -0.3 is 20.3 Å². The summed E-state index contributed by atoms with van der Waals surface area (Å²) < 4.78 is 5.52. The Kier molecular flexibility index (Phi) is 7.91. The molecule has 3 aromatic rings. The first-order chi connectivity index (χ1) is 18.6. The molecule has 2 amide bonds. The Morgan fingerprint density at radius 2 is 1.74 bits per heavy atom. The van der Waals surface area contributed by atoms with Crippen molar-refractivity contribution < 1.29 is 14.3 Å². The largest absolute Gasteiger partial charge is 0.496 e. The van der Waals surface area contributed by atoms with Crippen LogP contribution in [0.15, 0.2) is 66.9 Å². The zero-order chi connectivity index (χ0) is 26.5. The second-order valence-corrected chi connectivity index (χ2v) is 10.2. The maximum Gasteiger partial charge on any atom is 0.253 e. The van der Waals surface area contributed by atoms with Gasteiger partial charge in [0.05, 0.1) is 12.7 Å². The molecule has 2 aliphatic heterocycles. The molecular weight excluding hydrogens is 476 g/mol. The summed E-state index contributed by atoms with van der Waals surface area (Å²) in [6.07, 6.45) is 7.36. The van der Waals surface area contributed by atoms with Crippen LogP contribution in [0.25, 0.3) is 0 Å². The Bertz CT molecular complexity index is 1250. The van der Waals surface area contributed by atoms with Crippen molar-refractivity contribution in [1.82, 2.24) is 15.6 Å². The van der Waals surface area contributed by atoms with Crippen molar-refractivity contribution in [3.63, 3.8) is 0 Å². The van der Waals surface area contributed by atoms with E-state index in [0.29, 0.717) is 29.8 Å². The minimum atomic E-state index is -0.128. The minimum absolute atomic E-state index is 0.0193. The van der Waals surface area contributed by atoms with E-state index >= 15 is 0 Å². The summed E-state index contributed by atoms with van der Waals surface area (Å²) in [6, 6.07) is 20.1. The maximum atomic E-state index is 13.3. The van der Waals surface area contributed by atoms with Crippen molar-refractivity contribution in [3.8, 4) is 5.75 Å². The highest BCUT2D eigenvalue weighted by atomic mass is 16.5. The van der Waals surface area contributed by atoms with E-state index in [9.17, 15) is 9.59 Å². The Balaban J connectivity index is 1.21. The molecule has 1 unspecified atom stereocenters. The number of methoxy groups -OCH3 is 1. The molecule has 0 saturated carbocycles. The first-order valence-electron chi connectivity index (χ1n) is 13.6. The number of piperidine rings is 1. The van der Waals surface area contributed by atoms with E-state index in [0.717, 1.165) is 61.2 Å². The van der Waals surface area contributed by atoms with Crippen molar-refractivity contribution in [1.29, 1.82) is 0 Å². The van der Waals surface area contributed by atoms with E-state index in [1.807, 2.05) is 60.7 Å². The quantitative estimate of drug-likeness (QED) is 0.426. The van der Waals surface area contributed by atoms with Crippen LogP contribution in [0.1, 0.15) is 70.9 Å². The number of anilines is 1. The molecule has 7 nitrogen and oxygen atoms in total. The highest BCUT2D eigenvalue weighted by molar-refractivity contribution is 5.96. The fourth-order valence-corrected chi connectivity index (χ4v) is 5.96. The molecule has 38 heavy (non-hydrogen) atoms. The first kappa shape index (κ1) is 25.8. The fraction of sp³-hybridized carbons (Fsp3) is 0.387. The van der Waals surface area contributed by atoms with Gasteiger partial charge in [0.2, 0.25) is 0 Å². The van der Waals surface area contributed by atoms with Crippen molar-refractivity contribution >= 4 is 17.6 Å². The molecule has 0 aliphatic carbocycles. The summed E-state index contributed by atoms with van der Waals surface area (Å²) in [5.74, 6) is 1.53. The topological polar surface area (TPSA) is 83.6 Å². The summed E-state index contributed by atoms with van der Waals surface area (Å²) in [5.41, 5.74) is 3.31. The van der Waals surface area contributed by atoms with Gasteiger partial charge in [-0.25, -0.2) is 4.98 Å². The van der Waals surface area contributed by atoms with Crippen LogP contribution < -0.4 is 20.3 Å². The molecule has 1 aromatic heterocycles. The van der Waals surface area contributed by atoms with Crippen LogP contribution in [0.5, 0.6) is 5.75 Å². The summed E-state index contributed by atoms with van der Waals surface area (Å²) in [4.78, 5) is 32.9. The zero-order valence-corrected chi connectivity index (χ0v) is 22.2. The number of hydrogen-bond donors (Lipinski definition) is 2. The molecule has 5 rings (SSSR count). The van der Waals surface area contributed by atoms with Gasteiger partial charge in [-0.1, -0.05) is 49.7 Å². The van der Waals surface area contributed by atoms with Gasteiger partial charge in [0.1, 0.15) is 11.6 Å². The van der Waals surface area contributed by atoms with Gasteiger partial charge >= 0.3 is 0 Å². The van der Waals surface area contributed by atoms with Crippen LogP contribution in [0.4, 0.5) is 5.82 Å². The number of amides is 2. The highest BCUT2D eigenvalue weighted by Crippen LogP contribution is 2.38. The Hall–Kier alpha value is -3.87. The Morgan fingerprint density at radius 1 is 0.974 bits per heavy atom. The molecule has 3 atom stereocenters. The number of hydrogen-bond acceptors (Lipinski definition) is 5. The molecule has 0 radical (unpaired) electrons. The van der Waals surface area contributed by atoms with Crippen LogP contribution in [0.3, 0.4) is 0 Å². The van der Waals surface area contributed by atoms with Gasteiger partial charge in [-0.05, 0) is 61.9 Å². The van der Waals surface area contributed by atoms with Gasteiger partial charge in [0.25, 0.3) is 11.8 Å². The molecule has 2 aromatic carbocycles. The van der Waals surface area contributed by atoms with Gasteiger partial charge in [0, 0.05) is 42.0 Å². The van der Waals surface area contributed by atoms with Crippen molar-refractivity contribution in [2.24, 2.45) is 0 Å². The molecule has 2 aliphatic rings. The molecule has 0 spiro atoms. The van der Waals surface area contributed by atoms with E-state index < -0.39 is 0 Å². The maximum absolute atomic E-state index is 13.3. The van der Waals surface area contributed by atoms with Crippen LogP contribution in [0.2, 0.25) is 0 Å². The van der Waals surface area contributed by atoms with Crippen molar-refractivity contribution in [2.45, 2.75) is 70.1 Å². The standard InChI is InChI=1S/C31H36N4O3/c1-3-8-26-27(11-7-12-28(26)38-2)31(37)34-23-17-24-14-15-25(18-23)35(24)29-16-13-22(20-32-29)30(36)33-19-21-9-5-4-6-10-21/h4-7,9-13,16,20,23-25H,3,8,14-15,17-19H2,1-2H3,(H,33,36)(H,34,37)/t23?,24-,25+. The van der Waals surface area contributed by atoms with E-state index in [2.05, 4.69) is 27.4 Å². The van der Waals surface area contributed by atoms with Gasteiger partial charge in [-0.3, -0.25) is 9.59 Å². The zero-order valence-electron chi connectivity index (χ0n) is 22.2. The summed E-state index contributed by atoms with van der Waals surface area (Å²) >= 11 is 0. The van der Waals surface area contributed by atoms with E-state index in [1.54, 1.807) is 13.3 Å². The fourth-order valence-electron chi connectivity index (χ4n) is 5.96. The lowest BCUT2D eigenvalue weighted by Crippen LogP contribution is -2.51. The second kappa shape index (κ2) is 11.7. The first-order valence-corrected chi connectivity index (χ1v) is 13.6. The molecular formula is C31H36N4O3. The van der Waals surface area contributed by atoms with Crippen LogP contribution >= 0.6 is 0 Å². The summed E-state index contributed by atoms with van der Waals surface area (Å²) in [5, 5.41) is 6.28. The predicted octanol–water partition coefficient (Wildman–Crippen LogP) is 4.90. The lowest BCUT2D eigenvalue weighted by Gasteiger charge is -2.40. The number of carbonyl (C=O) groups is 2. The number of carbonyl (C=O) groups excluding carboxylic acids is 2. The lowest BCUT2D eigenvalue weighted by molar-refractivity contribution is 0.0923. The molecule has 3 heterocycles. The van der Waals surface area contributed by atoms with E-state index in [-0.39, 0.29) is 17.9 Å². The lowest BCUT2D eigenvalue weighted by atomic mass is 9.95. The predicted molar refractivity (Wildman–Crippen MR) is 149 cm³/mol. The third-order valence-corrected chi connectivity index (χ3v) is 7.74. The summed E-state index contributed by atoms with van der Waals surface area (Å²) in [7, 11) is 1.65. The summed E-state index contributed by atoms with van der Waals surface area (Å²) in [6.45, 7) is 2.60. The molecule has 2 fully saturated rings. The third kappa shape index (κ3) is 5.52. The molecule has 2 bridgehead atoms. The van der Waals surface area contributed by atoms with Gasteiger partial charge in [-0.15, -0.1) is 0 Å². The number of pyridine rings is 1. The minimum Gasteiger partial charge on any atom is -0.496 e. The number of benzene rings is 2. The molecule has 2 saturated heterocycles. The number of aromatic nitrogens is 1. The van der Waals surface area contributed by atoms with Gasteiger partial charge in [-0.2, -0.15) is 0 Å². The molecule has 198 valence electrons. The van der Waals surface area contributed by atoms with Crippen LogP contribution in [0, 0.1) is 0 Å². The number of nitrogens with one attached hydrogen (secondary N) is 2.